The van der Waals surface area contributed by atoms with E-state index in [4.69, 9.17) is 22.0 Å². The molecule has 0 unspecified atom stereocenters. The number of amides is 1. The average Bonchev–Trinajstić information content (AvgIpc) is 2.93. The van der Waals surface area contributed by atoms with Crippen LogP contribution in [0.3, 0.4) is 0 Å². The van der Waals surface area contributed by atoms with Crippen molar-refractivity contribution in [2.45, 2.75) is 6.10 Å². The first kappa shape index (κ1) is 18.1. The second-order valence-corrected chi connectivity index (χ2v) is 5.23. The minimum atomic E-state index is -0.616. The van der Waals surface area contributed by atoms with Gasteiger partial charge in [0, 0.05) is 18.6 Å². The van der Waals surface area contributed by atoms with Crippen LogP contribution in [0.5, 0.6) is 0 Å². The summed E-state index contributed by atoms with van der Waals surface area (Å²) in [6.45, 7) is 0.461. The van der Waals surface area contributed by atoms with Crippen molar-refractivity contribution in [3.05, 3.63) is 48.3 Å². The molecule has 9 nitrogen and oxygen atoms in total. The zero-order valence-corrected chi connectivity index (χ0v) is 13.3. The summed E-state index contributed by atoms with van der Waals surface area (Å²) in [6, 6.07) is 4.14. The maximum atomic E-state index is 14.1. The number of nitrogens with two attached hydrogens (primary N) is 3. The number of anilines is 2. The van der Waals surface area contributed by atoms with E-state index in [1.165, 1.54) is 40.6 Å². The van der Waals surface area contributed by atoms with Crippen LogP contribution in [0.2, 0.25) is 0 Å². The zero-order valence-electron chi connectivity index (χ0n) is 13.3. The number of rotatable bonds is 7. The van der Waals surface area contributed by atoms with E-state index in [0.717, 1.165) is 0 Å². The Morgan fingerprint density at radius 1 is 1.52 bits per heavy atom. The predicted molar refractivity (Wildman–Crippen MR) is 90.2 cm³/mol. The normalized spacial score (nSPS) is 17.7. The Balaban J connectivity index is 2.07. The van der Waals surface area contributed by atoms with Gasteiger partial charge in [-0.3, -0.25) is 9.69 Å². The van der Waals surface area contributed by atoms with Gasteiger partial charge in [0.15, 0.2) is 6.29 Å². The number of ether oxygens (including phenoxy) is 1. The van der Waals surface area contributed by atoms with Gasteiger partial charge in [0.2, 0.25) is 0 Å². The third-order valence-corrected chi connectivity index (χ3v) is 3.36. The molecule has 2 rings (SSSR count). The summed E-state index contributed by atoms with van der Waals surface area (Å²) in [5, 5.41) is 3.86. The van der Waals surface area contributed by atoms with Crippen LogP contribution in [-0.4, -0.2) is 36.6 Å². The number of cyclic esters (lactones) is 1. The highest BCUT2D eigenvalue weighted by Crippen LogP contribution is 2.26. The molecular formula is C15H19FN6O3. The number of halogens is 1. The Hall–Kier alpha value is -3.27. The van der Waals surface area contributed by atoms with Gasteiger partial charge in [-0.25, -0.2) is 15.0 Å². The van der Waals surface area contributed by atoms with Crippen molar-refractivity contribution in [1.82, 2.24) is 5.01 Å². The van der Waals surface area contributed by atoms with Crippen molar-refractivity contribution in [3.8, 4) is 0 Å². The highest BCUT2D eigenvalue weighted by Gasteiger charge is 2.33. The van der Waals surface area contributed by atoms with E-state index in [0.29, 0.717) is 12.0 Å². The number of carbonyl (C=O) groups is 2. The molecule has 1 aliphatic heterocycles. The molecule has 0 bridgehead atoms. The quantitative estimate of drug-likeness (QED) is 0.236. The van der Waals surface area contributed by atoms with Crippen molar-refractivity contribution < 1.29 is 18.7 Å². The first-order chi connectivity index (χ1) is 11.9. The molecule has 1 saturated heterocycles. The first-order valence-corrected chi connectivity index (χ1v) is 7.29. The standard InChI is InChI=1S/C15H19FN6O3/c16-13-5-11(1-2-14(13)20-6-10(18)9-23)22-8-12(25-15(22)24)7-21(19)4-3-17/h1-6,9,12,20H,7-8,17-19H2/b4-3-,10-6-/t12-/m0/s1. The summed E-state index contributed by atoms with van der Waals surface area (Å²) in [7, 11) is 0. The SMILES string of the molecule is N/C=C\N(N)C[C@H]1CN(c2ccc(N/C=C(\N)C=O)c(F)c2)C(=O)O1. The fourth-order valence-corrected chi connectivity index (χ4v) is 2.22. The van der Waals surface area contributed by atoms with Gasteiger partial charge in [0.25, 0.3) is 0 Å². The molecule has 0 saturated carbocycles. The number of hydrogen-bond donors (Lipinski definition) is 4. The third-order valence-electron chi connectivity index (χ3n) is 3.36. The van der Waals surface area contributed by atoms with E-state index in [1.807, 2.05) is 0 Å². The van der Waals surface area contributed by atoms with Gasteiger partial charge >= 0.3 is 6.09 Å². The number of hydrazine groups is 1. The van der Waals surface area contributed by atoms with Crippen molar-refractivity contribution >= 4 is 23.8 Å². The number of nitrogens with one attached hydrogen (secondary N) is 1. The maximum Gasteiger partial charge on any atom is 0.414 e. The van der Waals surface area contributed by atoms with Gasteiger partial charge in [-0.15, -0.1) is 0 Å². The van der Waals surface area contributed by atoms with Gasteiger partial charge in [-0.2, -0.15) is 0 Å². The summed E-state index contributed by atoms with van der Waals surface area (Å²) in [4.78, 5) is 23.7. The van der Waals surface area contributed by atoms with E-state index >= 15 is 0 Å². The molecule has 0 aromatic heterocycles. The smallest absolute Gasteiger partial charge is 0.414 e. The molecule has 1 heterocycles. The highest BCUT2D eigenvalue weighted by molar-refractivity contribution is 5.90. The lowest BCUT2D eigenvalue weighted by Crippen LogP contribution is -2.36. The lowest BCUT2D eigenvalue weighted by Gasteiger charge is -2.17. The lowest BCUT2D eigenvalue weighted by molar-refractivity contribution is -0.104. The summed E-state index contributed by atoms with van der Waals surface area (Å²) in [5.41, 5.74) is 10.9. The molecule has 1 fully saturated rings. The van der Waals surface area contributed by atoms with Crippen LogP contribution in [-0.2, 0) is 9.53 Å². The zero-order chi connectivity index (χ0) is 18.4. The minimum Gasteiger partial charge on any atom is -0.442 e. The number of aldehydes is 1. The van der Waals surface area contributed by atoms with Crippen molar-refractivity contribution in [3.63, 3.8) is 0 Å². The van der Waals surface area contributed by atoms with Gasteiger partial charge in [-0.05, 0) is 18.2 Å². The monoisotopic (exact) mass is 350 g/mol. The molecule has 0 radical (unpaired) electrons. The number of benzene rings is 1. The fourth-order valence-electron chi connectivity index (χ4n) is 2.22. The first-order valence-electron chi connectivity index (χ1n) is 7.29. The molecule has 7 N–H and O–H groups in total. The Morgan fingerprint density at radius 2 is 2.28 bits per heavy atom. The summed E-state index contributed by atoms with van der Waals surface area (Å²) < 4.78 is 19.3. The predicted octanol–water partition coefficient (Wildman–Crippen LogP) is 0.167. The Morgan fingerprint density at radius 3 is 2.92 bits per heavy atom. The number of hydrogen-bond acceptors (Lipinski definition) is 8. The highest BCUT2D eigenvalue weighted by atomic mass is 19.1. The molecular weight excluding hydrogens is 331 g/mol. The molecule has 25 heavy (non-hydrogen) atoms. The summed E-state index contributed by atoms with van der Waals surface area (Å²) in [5.74, 6) is 5.04. The van der Waals surface area contributed by atoms with Crippen molar-refractivity contribution in [2.75, 3.05) is 23.3 Å². The van der Waals surface area contributed by atoms with Crippen LogP contribution < -0.4 is 27.5 Å². The van der Waals surface area contributed by atoms with E-state index in [1.54, 1.807) is 6.07 Å². The largest absolute Gasteiger partial charge is 0.442 e. The van der Waals surface area contributed by atoms with Crippen molar-refractivity contribution in [2.24, 2.45) is 17.3 Å². The van der Waals surface area contributed by atoms with Crippen molar-refractivity contribution in [1.29, 1.82) is 0 Å². The summed E-state index contributed by atoms with van der Waals surface area (Å²) >= 11 is 0. The van der Waals surface area contributed by atoms with Gasteiger partial charge in [-0.1, -0.05) is 0 Å². The molecule has 1 aromatic carbocycles. The third kappa shape index (κ3) is 4.61. The molecule has 1 aromatic rings. The Bertz CT molecular complexity index is 709. The van der Waals surface area contributed by atoms with Crippen LogP contribution in [0.25, 0.3) is 0 Å². The Kier molecular flexibility index (Phi) is 5.79. The van der Waals surface area contributed by atoms with E-state index in [2.05, 4.69) is 5.32 Å². The molecule has 1 amide bonds. The van der Waals surface area contributed by atoms with Gasteiger partial charge < -0.3 is 26.5 Å². The molecule has 0 aliphatic carbocycles. The molecule has 1 atom stereocenters. The van der Waals surface area contributed by atoms with Crippen LogP contribution in [0.4, 0.5) is 20.6 Å². The van der Waals surface area contributed by atoms with Gasteiger partial charge in [0.05, 0.1) is 30.2 Å². The van der Waals surface area contributed by atoms with Crippen LogP contribution in [0, 0.1) is 5.82 Å². The van der Waals surface area contributed by atoms with E-state index in [-0.39, 0.29) is 24.5 Å². The lowest BCUT2D eigenvalue weighted by atomic mass is 10.2. The van der Waals surface area contributed by atoms with Crippen LogP contribution >= 0.6 is 0 Å². The topological polar surface area (TPSA) is 140 Å². The summed E-state index contributed by atoms with van der Waals surface area (Å²) in [6.07, 6.45) is 3.23. The maximum absolute atomic E-state index is 14.1. The second kappa shape index (κ2) is 8.02. The average molecular weight is 350 g/mol. The molecule has 1 aliphatic rings. The minimum absolute atomic E-state index is 0.0766. The van der Waals surface area contributed by atoms with Crippen LogP contribution in [0.15, 0.2) is 42.5 Å². The molecule has 0 spiro atoms. The molecule has 134 valence electrons. The number of allylic oxidation sites excluding steroid dienone is 1. The van der Waals surface area contributed by atoms with Crippen LogP contribution in [0.1, 0.15) is 0 Å². The Labute approximate surface area is 143 Å². The van der Waals surface area contributed by atoms with E-state index in [9.17, 15) is 14.0 Å². The van der Waals surface area contributed by atoms with Gasteiger partial charge in [0.1, 0.15) is 11.9 Å². The molecule has 10 heteroatoms. The second-order valence-electron chi connectivity index (χ2n) is 5.23. The fraction of sp³-hybridized carbons (Fsp3) is 0.200. The number of nitrogens with zero attached hydrogens (tertiary/aromatic N) is 2. The van der Waals surface area contributed by atoms with E-state index < -0.39 is 18.0 Å². The number of carbonyl (C=O) groups excluding carboxylic acids is 2.